The second-order valence-electron chi connectivity index (χ2n) is 5.78. The van der Waals surface area contributed by atoms with Crippen LogP contribution in [0.15, 0.2) is 35.7 Å². The summed E-state index contributed by atoms with van der Waals surface area (Å²) in [6.07, 6.45) is 0. The van der Waals surface area contributed by atoms with Crippen molar-refractivity contribution >= 4 is 29.0 Å². The summed E-state index contributed by atoms with van der Waals surface area (Å²) in [5.74, 6) is 0.776. The number of nitrogens with zero attached hydrogens (tertiary/aromatic N) is 1. The van der Waals surface area contributed by atoms with E-state index in [0.717, 1.165) is 4.88 Å². The van der Waals surface area contributed by atoms with Crippen molar-refractivity contribution in [3.63, 3.8) is 0 Å². The molecule has 0 saturated heterocycles. The highest BCUT2D eigenvalue weighted by Gasteiger charge is 2.13. The number of imide groups is 1. The Morgan fingerprint density at radius 3 is 2.52 bits per heavy atom. The molecule has 7 nitrogen and oxygen atoms in total. The van der Waals surface area contributed by atoms with Crippen LogP contribution in [0.25, 0.3) is 0 Å². The number of hydrogen-bond acceptors (Lipinski definition) is 6. The first kappa shape index (κ1) is 20.7. The zero-order valence-electron chi connectivity index (χ0n) is 15.8. The molecule has 1 aromatic heterocycles. The first-order valence-corrected chi connectivity index (χ1v) is 9.61. The third-order valence-corrected chi connectivity index (χ3v) is 4.33. The van der Waals surface area contributed by atoms with Crippen LogP contribution in [-0.2, 0) is 11.3 Å². The molecule has 0 fully saturated rings. The van der Waals surface area contributed by atoms with E-state index in [-0.39, 0.29) is 12.5 Å². The van der Waals surface area contributed by atoms with Crippen LogP contribution in [0.2, 0.25) is 0 Å². The number of amides is 3. The van der Waals surface area contributed by atoms with Gasteiger partial charge in [0.05, 0.1) is 19.8 Å². The molecular weight excluding hydrogens is 366 g/mol. The first-order chi connectivity index (χ1) is 13.0. The average molecular weight is 391 g/mol. The Bertz CT molecular complexity index is 749. The van der Waals surface area contributed by atoms with Gasteiger partial charge in [-0.05, 0) is 44.5 Å². The van der Waals surface area contributed by atoms with Crippen molar-refractivity contribution < 1.29 is 19.1 Å². The molecule has 1 aromatic carbocycles. The molecule has 0 spiro atoms. The van der Waals surface area contributed by atoms with Gasteiger partial charge in [0.25, 0.3) is 0 Å². The number of nitrogens with one attached hydrogen (secondary N) is 2. The summed E-state index contributed by atoms with van der Waals surface area (Å²) in [5, 5.41) is 6.96. The first-order valence-electron chi connectivity index (χ1n) is 8.73. The highest BCUT2D eigenvalue weighted by Crippen LogP contribution is 2.30. The Morgan fingerprint density at radius 2 is 1.85 bits per heavy atom. The van der Waals surface area contributed by atoms with E-state index in [1.165, 1.54) is 0 Å². The molecule has 0 bridgehead atoms. The number of likely N-dealkylation sites (N-methyl/N-ethyl adjacent to an activating group) is 1. The number of ether oxygens (including phenoxy) is 2. The predicted molar refractivity (Wildman–Crippen MR) is 107 cm³/mol. The van der Waals surface area contributed by atoms with E-state index in [1.807, 2.05) is 43.3 Å². The van der Waals surface area contributed by atoms with E-state index in [9.17, 15) is 9.59 Å². The maximum absolute atomic E-state index is 12.1. The minimum Gasteiger partial charge on any atom is -0.490 e. The smallest absolute Gasteiger partial charge is 0.325 e. The third-order valence-electron chi connectivity index (χ3n) is 3.47. The Balaban J connectivity index is 1.86. The Hall–Kier alpha value is -2.58. The highest BCUT2D eigenvalue weighted by molar-refractivity contribution is 7.09. The summed E-state index contributed by atoms with van der Waals surface area (Å²) in [5.41, 5.74) is 0.513. The molecule has 146 valence electrons. The Morgan fingerprint density at radius 1 is 1.11 bits per heavy atom. The number of rotatable bonds is 9. The summed E-state index contributed by atoms with van der Waals surface area (Å²) in [6.45, 7) is 5.53. The molecule has 0 aliphatic rings. The number of urea groups is 1. The van der Waals surface area contributed by atoms with Gasteiger partial charge in [-0.3, -0.25) is 15.0 Å². The second-order valence-corrected chi connectivity index (χ2v) is 6.81. The number of anilines is 1. The molecule has 3 amide bonds. The van der Waals surface area contributed by atoms with Gasteiger partial charge in [-0.1, -0.05) is 6.07 Å². The van der Waals surface area contributed by atoms with Gasteiger partial charge in [0, 0.05) is 23.2 Å². The number of hydrogen-bond donors (Lipinski definition) is 2. The summed E-state index contributed by atoms with van der Waals surface area (Å²) in [4.78, 5) is 27.1. The molecule has 1 heterocycles. The molecule has 0 atom stereocenters. The molecule has 0 radical (unpaired) electrons. The summed E-state index contributed by atoms with van der Waals surface area (Å²) >= 11 is 1.63. The summed E-state index contributed by atoms with van der Waals surface area (Å²) < 4.78 is 11.0. The SMILES string of the molecule is CCOc1ccc(NC(=O)NC(=O)CN(C)Cc2cccs2)cc1OCC. The lowest BCUT2D eigenvalue weighted by atomic mass is 10.2. The molecular formula is C19H25N3O4S. The normalized spacial score (nSPS) is 10.5. The standard InChI is InChI=1S/C19H25N3O4S/c1-4-25-16-9-8-14(11-17(16)26-5-2)20-19(24)21-18(23)13-22(3)12-15-7-6-10-27-15/h6-11H,4-5,12-13H2,1-3H3,(H2,20,21,23,24). The van der Waals surface area contributed by atoms with E-state index in [1.54, 1.807) is 29.5 Å². The molecule has 27 heavy (non-hydrogen) atoms. The van der Waals surface area contributed by atoms with Gasteiger partial charge in [0.15, 0.2) is 11.5 Å². The van der Waals surface area contributed by atoms with Crippen LogP contribution >= 0.6 is 11.3 Å². The Labute approximate surface area is 163 Å². The van der Waals surface area contributed by atoms with Crippen molar-refractivity contribution in [1.29, 1.82) is 0 Å². The number of thiophene rings is 1. The molecule has 0 saturated carbocycles. The van der Waals surface area contributed by atoms with Crippen LogP contribution in [0, 0.1) is 0 Å². The zero-order chi connectivity index (χ0) is 19.6. The fourth-order valence-corrected chi connectivity index (χ4v) is 3.21. The largest absolute Gasteiger partial charge is 0.490 e. The van der Waals surface area contributed by atoms with Crippen LogP contribution in [-0.4, -0.2) is 43.6 Å². The highest BCUT2D eigenvalue weighted by atomic mass is 32.1. The maximum atomic E-state index is 12.1. The summed E-state index contributed by atoms with van der Waals surface area (Å²) in [6, 6.07) is 8.47. The summed E-state index contributed by atoms with van der Waals surface area (Å²) in [7, 11) is 1.83. The number of carbonyl (C=O) groups excluding carboxylic acids is 2. The fourth-order valence-electron chi connectivity index (χ4n) is 2.43. The lowest BCUT2D eigenvalue weighted by molar-refractivity contribution is -0.120. The van der Waals surface area contributed by atoms with E-state index < -0.39 is 6.03 Å². The van der Waals surface area contributed by atoms with Gasteiger partial charge < -0.3 is 14.8 Å². The quantitative estimate of drug-likeness (QED) is 0.685. The van der Waals surface area contributed by atoms with E-state index >= 15 is 0 Å². The van der Waals surface area contributed by atoms with Crippen molar-refractivity contribution in [1.82, 2.24) is 10.2 Å². The monoisotopic (exact) mass is 391 g/mol. The van der Waals surface area contributed by atoms with Crippen molar-refractivity contribution in [3.8, 4) is 11.5 Å². The van der Waals surface area contributed by atoms with Crippen molar-refractivity contribution in [2.45, 2.75) is 20.4 Å². The number of benzene rings is 1. The molecule has 0 aliphatic carbocycles. The van der Waals surface area contributed by atoms with Crippen LogP contribution in [0.5, 0.6) is 11.5 Å². The van der Waals surface area contributed by atoms with Gasteiger partial charge in [-0.15, -0.1) is 11.3 Å². The Kier molecular flexibility index (Phi) is 8.09. The zero-order valence-corrected chi connectivity index (χ0v) is 16.6. The maximum Gasteiger partial charge on any atom is 0.325 e. The molecule has 8 heteroatoms. The van der Waals surface area contributed by atoms with E-state index in [4.69, 9.17) is 9.47 Å². The molecule has 0 unspecified atom stereocenters. The predicted octanol–water partition coefficient (Wildman–Crippen LogP) is 3.33. The van der Waals surface area contributed by atoms with Crippen LogP contribution in [0.3, 0.4) is 0 Å². The molecule has 2 rings (SSSR count). The van der Waals surface area contributed by atoms with Gasteiger partial charge in [0.2, 0.25) is 5.91 Å². The van der Waals surface area contributed by atoms with Crippen LogP contribution in [0.4, 0.5) is 10.5 Å². The molecule has 2 aromatic rings. The van der Waals surface area contributed by atoms with Crippen LogP contribution < -0.4 is 20.1 Å². The van der Waals surface area contributed by atoms with Gasteiger partial charge in [-0.2, -0.15) is 0 Å². The second kappa shape index (κ2) is 10.5. The van der Waals surface area contributed by atoms with Crippen molar-refractivity contribution in [3.05, 3.63) is 40.6 Å². The third kappa shape index (κ3) is 6.92. The minimum atomic E-state index is -0.587. The van der Waals surface area contributed by atoms with E-state index in [0.29, 0.717) is 36.9 Å². The fraction of sp³-hybridized carbons (Fsp3) is 0.368. The van der Waals surface area contributed by atoms with Crippen molar-refractivity contribution in [2.75, 3.05) is 32.1 Å². The minimum absolute atomic E-state index is 0.124. The number of carbonyl (C=O) groups is 2. The molecule has 0 aliphatic heterocycles. The lowest BCUT2D eigenvalue weighted by Crippen LogP contribution is -2.40. The van der Waals surface area contributed by atoms with Crippen molar-refractivity contribution in [2.24, 2.45) is 0 Å². The van der Waals surface area contributed by atoms with Gasteiger partial charge >= 0.3 is 6.03 Å². The van der Waals surface area contributed by atoms with Gasteiger partial charge in [-0.25, -0.2) is 4.79 Å². The van der Waals surface area contributed by atoms with Gasteiger partial charge in [0.1, 0.15) is 0 Å². The van der Waals surface area contributed by atoms with E-state index in [2.05, 4.69) is 10.6 Å². The lowest BCUT2D eigenvalue weighted by Gasteiger charge is -2.15. The topological polar surface area (TPSA) is 79.9 Å². The molecule has 2 N–H and O–H groups in total. The average Bonchev–Trinajstić information content (AvgIpc) is 3.10. The van der Waals surface area contributed by atoms with Crippen LogP contribution in [0.1, 0.15) is 18.7 Å².